The molecule has 0 spiro atoms. The van der Waals surface area contributed by atoms with Crippen LogP contribution in [0.25, 0.3) is 0 Å². The van der Waals surface area contributed by atoms with Crippen LogP contribution in [0.4, 0.5) is 0 Å². The Bertz CT molecular complexity index is 336. The molecule has 1 aromatic heterocycles. The molecule has 3 heteroatoms. The molecule has 15 heavy (non-hydrogen) atoms. The summed E-state index contributed by atoms with van der Waals surface area (Å²) < 4.78 is 0. The minimum absolute atomic E-state index is 0.155. The first-order valence-electron chi connectivity index (χ1n) is 5.71. The lowest BCUT2D eigenvalue weighted by atomic mass is 9.71. The quantitative estimate of drug-likeness (QED) is 0.830. The second kappa shape index (κ2) is 4.44. The Morgan fingerprint density at radius 1 is 1.60 bits per heavy atom. The average molecular weight is 244 g/mol. The Kier molecular flexibility index (Phi) is 3.39. The van der Waals surface area contributed by atoms with Crippen LogP contribution in [0.3, 0.4) is 0 Å². The Labute approximate surface area is 101 Å². The van der Waals surface area contributed by atoms with E-state index < -0.39 is 0 Å². The van der Waals surface area contributed by atoms with E-state index >= 15 is 0 Å². The molecule has 0 radical (unpaired) electrons. The van der Waals surface area contributed by atoms with Crippen molar-refractivity contribution in [2.24, 2.45) is 11.7 Å². The number of nitrogens with two attached hydrogens (primary N) is 1. The van der Waals surface area contributed by atoms with Crippen LogP contribution in [0.5, 0.6) is 0 Å². The van der Waals surface area contributed by atoms with Gasteiger partial charge in [-0.05, 0) is 30.2 Å². The first-order valence-corrected chi connectivity index (χ1v) is 6.96. The van der Waals surface area contributed by atoms with Crippen LogP contribution in [-0.2, 0) is 5.54 Å². The van der Waals surface area contributed by atoms with Gasteiger partial charge in [-0.3, -0.25) is 0 Å². The lowest BCUT2D eigenvalue weighted by Gasteiger charge is -2.40. The number of thiophene rings is 1. The minimum atomic E-state index is -0.155. The van der Waals surface area contributed by atoms with E-state index in [0.717, 1.165) is 17.9 Å². The van der Waals surface area contributed by atoms with Gasteiger partial charge in [0, 0.05) is 4.88 Å². The Hall–Kier alpha value is -0.0500. The monoisotopic (exact) mass is 243 g/mol. The van der Waals surface area contributed by atoms with Crippen LogP contribution in [0.15, 0.2) is 11.4 Å². The third-order valence-electron chi connectivity index (χ3n) is 3.65. The first-order chi connectivity index (χ1) is 7.18. The fraction of sp³-hybridized carbons (Fsp3) is 0.667. The number of hydrogen-bond donors (Lipinski definition) is 1. The van der Waals surface area contributed by atoms with Gasteiger partial charge in [0.1, 0.15) is 0 Å². The van der Waals surface area contributed by atoms with E-state index in [1.807, 2.05) is 11.4 Å². The standard InChI is InChI=1S/C12H18ClNS/c1-2-9-5-3-4-7-12(9,14)11-10(13)6-8-15-11/h6,8-9H,2-5,7,14H2,1H3. The molecule has 0 aromatic carbocycles. The van der Waals surface area contributed by atoms with Crippen molar-refractivity contribution in [1.82, 2.24) is 0 Å². The summed E-state index contributed by atoms with van der Waals surface area (Å²) in [5.41, 5.74) is 6.45. The zero-order valence-corrected chi connectivity index (χ0v) is 10.7. The largest absolute Gasteiger partial charge is 0.320 e. The molecule has 0 saturated heterocycles. The molecular weight excluding hydrogens is 226 g/mol. The topological polar surface area (TPSA) is 26.0 Å². The van der Waals surface area contributed by atoms with E-state index in [2.05, 4.69) is 6.92 Å². The first kappa shape index (κ1) is 11.4. The van der Waals surface area contributed by atoms with Crippen LogP contribution in [0.1, 0.15) is 43.9 Å². The Morgan fingerprint density at radius 3 is 3.00 bits per heavy atom. The summed E-state index contributed by atoms with van der Waals surface area (Å²) in [7, 11) is 0. The highest BCUT2D eigenvalue weighted by molar-refractivity contribution is 7.10. The molecule has 1 saturated carbocycles. The fourth-order valence-electron chi connectivity index (χ4n) is 2.76. The van der Waals surface area contributed by atoms with Crippen molar-refractivity contribution >= 4 is 22.9 Å². The van der Waals surface area contributed by atoms with Crippen molar-refractivity contribution in [3.63, 3.8) is 0 Å². The summed E-state index contributed by atoms with van der Waals surface area (Å²) in [6, 6.07) is 1.97. The van der Waals surface area contributed by atoms with Gasteiger partial charge in [-0.1, -0.05) is 37.8 Å². The van der Waals surface area contributed by atoms with E-state index in [0.29, 0.717) is 5.92 Å². The summed E-state index contributed by atoms with van der Waals surface area (Å²) in [6.45, 7) is 2.24. The highest BCUT2D eigenvalue weighted by Crippen LogP contribution is 2.45. The molecule has 2 atom stereocenters. The smallest absolute Gasteiger partial charge is 0.0564 e. The zero-order valence-electron chi connectivity index (χ0n) is 9.13. The van der Waals surface area contributed by atoms with Crippen molar-refractivity contribution in [2.75, 3.05) is 0 Å². The second-order valence-corrected chi connectivity index (χ2v) is 5.81. The maximum absolute atomic E-state index is 6.61. The van der Waals surface area contributed by atoms with Crippen molar-refractivity contribution < 1.29 is 0 Å². The number of halogens is 1. The average Bonchev–Trinajstić information content (AvgIpc) is 2.66. The highest BCUT2D eigenvalue weighted by Gasteiger charge is 2.39. The van der Waals surface area contributed by atoms with Gasteiger partial charge in [-0.15, -0.1) is 11.3 Å². The summed E-state index contributed by atoms with van der Waals surface area (Å²) in [5, 5.41) is 2.91. The maximum atomic E-state index is 6.61. The van der Waals surface area contributed by atoms with Gasteiger partial charge in [-0.2, -0.15) is 0 Å². The van der Waals surface area contributed by atoms with E-state index in [-0.39, 0.29) is 5.54 Å². The van der Waals surface area contributed by atoms with E-state index in [9.17, 15) is 0 Å². The normalized spacial score (nSPS) is 31.8. The molecule has 84 valence electrons. The van der Waals surface area contributed by atoms with Crippen molar-refractivity contribution in [1.29, 1.82) is 0 Å². The number of rotatable bonds is 2. The molecule has 0 aliphatic heterocycles. The Morgan fingerprint density at radius 2 is 2.40 bits per heavy atom. The molecule has 1 aromatic rings. The molecule has 1 fully saturated rings. The fourth-order valence-corrected chi connectivity index (χ4v) is 4.22. The molecular formula is C12H18ClNS. The second-order valence-electron chi connectivity index (χ2n) is 4.49. The van der Waals surface area contributed by atoms with Gasteiger partial charge in [0.15, 0.2) is 0 Å². The van der Waals surface area contributed by atoms with Gasteiger partial charge in [0.05, 0.1) is 10.6 Å². The van der Waals surface area contributed by atoms with Gasteiger partial charge in [0.25, 0.3) is 0 Å². The molecule has 1 nitrogen and oxygen atoms in total. The summed E-state index contributed by atoms with van der Waals surface area (Å²) in [4.78, 5) is 1.20. The lowest BCUT2D eigenvalue weighted by molar-refractivity contribution is 0.188. The molecule has 1 aliphatic carbocycles. The molecule has 0 amide bonds. The lowest BCUT2D eigenvalue weighted by Crippen LogP contribution is -2.45. The van der Waals surface area contributed by atoms with Crippen LogP contribution >= 0.6 is 22.9 Å². The van der Waals surface area contributed by atoms with E-state index in [1.54, 1.807) is 11.3 Å². The van der Waals surface area contributed by atoms with Crippen LogP contribution in [-0.4, -0.2) is 0 Å². The summed E-state index contributed by atoms with van der Waals surface area (Å²) in [6.07, 6.45) is 6.05. The number of hydrogen-bond acceptors (Lipinski definition) is 2. The maximum Gasteiger partial charge on any atom is 0.0564 e. The Balaban J connectivity index is 2.34. The van der Waals surface area contributed by atoms with Gasteiger partial charge < -0.3 is 5.73 Å². The third-order valence-corrected chi connectivity index (χ3v) is 5.19. The van der Waals surface area contributed by atoms with E-state index in [1.165, 1.54) is 24.1 Å². The highest BCUT2D eigenvalue weighted by atomic mass is 35.5. The minimum Gasteiger partial charge on any atom is -0.320 e. The van der Waals surface area contributed by atoms with Gasteiger partial charge in [0.2, 0.25) is 0 Å². The SMILES string of the molecule is CCC1CCCCC1(N)c1sccc1Cl. The summed E-state index contributed by atoms with van der Waals surface area (Å²) in [5.74, 6) is 0.599. The van der Waals surface area contributed by atoms with Crippen molar-refractivity contribution in [3.05, 3.63) is 21.3 Å². The molecule has 1 heterocycles. The molecule has 0 bridgehead atoms. The summed E-state index contributed by atoms with van der Waals surface area (Å²) >= 11 is 7.93. The predicted octanol–water partition coefficient (Wildman–Crippen LogP) is 4.16. The van der Waals surface area contributed by atoms with Crippen LogP contribution in [0, 0.1) is 5.92 Å². The van der Waals surface area contributed by atoms with Gasteiger partial charge in [-0.25, -0.2) is 0 Å². The molecule has 2 rings (SSSR count). The molecule has 1 aliphatic rings. The van der Waals surface area contributed by atoms with Crippen molar-refractivity contribution in [3.8, 4) is 0 Å². The van der Waals surface area contributed by atoms with Gasteiger partial charge >= 0.3 is 0 Å². The van der Waals surface area contributed by atoms with Crippen molar-refractivity contribution in [2.45, 2.75) is 44.6 Å². The van der Waals surface area contributed by atoms with Crippen LogP contribution in [0.2, 0.25) is 5.02 Å². The molecule has 2 unspecified atom stereocenters. The zero-order chi connectivity index (χ0) is 10.9. The molecule has 2 N–H and O–H groups in total. The predicted molar refractivity (Wildman–Crippen MR) is 67.4 cm³/mol. The van der Waals surface area contributed by atoms with Crippen LogP contribution < -0.4 is 5.73 Å². The van der Waals surface area contributed by atoms with E-state index in [4.69, 9.17) is 17.3 Å². The third kappa shape index (κ3) is 1.95.